The van der Waals surface area contributed by atoms with E-state index in [0.717, 1.165) is 0 Å². The van der Waals surface area contributed by atoms with Gasteiger partial charge in [-0.1, -0.05) is 12.1 Å². The number of benzene rings is 2. The van der Waals surface area contributed by atoms with E-state index >= 15 is 0 Å². The molecule has 30 heavy (non-hydrogen) atoms. The highest BCUT2D eigenvalue weighted by molar-refractivity contribution is 7.14. The molecule has 0 saturated heterocycles. The Labute approximate surface area is 176 Å². The molecular weight excluding hydrogens is 409 g/mol. The van der Waals surface area contributed by atoms with Gasteiger partial charge in [0.05, 0.1) is 31.5 Å². The number of rotatable bonds is 5. The van der Waals surface area contributed by atoms with Crippen molar-refractivity contribution < 1.29 is 23.5 Å². The topological polar surface area (TPSA) is 80.8 Å². The van der Waals surface area contributed by atoms with Crippen LogP contribution < -0.4 is 19.7 Å². The Morgan fingerprint density at radius 2 is 2.17 bits per heavy atom. The molecule has 4 rings (SSSR count). The third kappa shape index (κ3) is 4.11. The van der Waals surface area contributed by atoms with E-state index in [1.807, 2.05) is 6.07 Å². The number of amides is 2. The number of fused-ring (bicyclic) bond motifs is 1. The van der Waals surface area contributed by atoms with Gasteiger partial charge in [-0.05, 0) is 30.3 Å². The van der Waals surface area contributed by atoms with Gasteiger partial charge in [0.1, 0.15) is 12.3 Å². The smallest absolute Gasteiger partial charge is 0.246 e. The summed E-state index contributed by atoms with van der Waals surface area (Å²) in [5.74, 6) is -0.359. The Bertz CT molecular complexity index is 1100. The molecule has 1 aliphatic heterocycles. The molecular formula is C21H18FN3O4S. The van der Waals surface area contributed by atoms with Gasteiger partial charge in [-0.3, -0.25) is 14.5 Å². The molecule has 0 unspecified atom stereocenters. The summed E-state index contributed by atoms with van der Waals surface area (Å²) in [6.07, 6.45) is 0.187. The zero-order valence-electron chi connectivity index (χ0n) is 16.1. The van der Waals surface area contributed by atoms with Crippen molar-refractivity contribution in [2.75, 3.05) is 30.5 Å². The van der Waals surface area contributed by atoms with E-state index in [4.69, 9.17) is 9.47 Å². The number of hydrogen-bond acceptors (Lipinski definition) is 6. The molecule has 1 aromatic heterocycles. The lowest BCUT2D eigenvalue weighted by Gasteiger charge is -2.20. The summed E-state index contributed by atoms with van der Waals surface area (Å²) < 4.78 is 24.4. The highest BCUT2D eigenvalue weighted by Gasteiger charge is 2.25. The molecule has 154 valence electrons. The van der Waals surface area contributed by atoms with Crippen LogP contribution in [0.3, 0.4) is 0 Å². The van der Waals surface area contributed by atoms with Gasteiger partial charge in [-0.15, -0.1) is 11.3 Å². The first-order chi connectivity index (χ1) is 14.5. The minimum absolute atomic E-state index is 0.147. The van der Waals surface area contributed by atoms with Crippen molar-refractivity contribution in [3.8, 4) is 22.8 Å². The first kappa shape index (κ1) is 19.8. The molecule has 0 spiro atoms. The monoisotopic (exact) mass is 427 g/mol. The maximum absolute atomic E-state index is 13.9. The Morgan fingerprint density at radius 1 is 1.33 bits per heavy atom. The van der Waals surface area contributed by atoms with Crippen LogP contribution in [0, 0.1) is 5.82 Å². The van der Waals surface area contributed by atoms with E-state index in [1.54, 1.807) is 29.6 Å². The fourth-order valence-corrected chi connectivity index (χ4v) is 3.82. The number of thiazole rings is 1. The van der Waals surface area contributed by atoms with Crippen LogP contribution in [0.2, 0.25) is 0 Å². The second-order valence-corrected chi connectivity index (χ2v) is 7.34. The van der Waals surface area contributed by atoms with Crippen molar-refractivity contribution in [3.63, 3.8) is 0 Å². The molecule has 3 aromatic rings. The van der Waals surface area contributed by atoms with Crippen molar-refractivity contribution in [2.24, 2.45) is 0 Å². The highest BCUT2D eigenvalue weighted by atomic mass is 32.1. The van der Waals surface area contributed by atoms with E-state index in [2.05, 4.69) is 10.3 Å². The van der Waals surface area contributed by atoms with Gasteiger partial charge in [0, 0.05) is 10.9 Å². The first-order valence-corrected chi connectivity index (χ1v) is 10.0. The molecule has 7 nitrogen and oxygen atoms in total. The maximum Gasteiger partial charge on any atom is 0.246 e. The summed E-state index contributed by atoms with van der Waals surface area (Å²) in [5.41, 5.74) is 1.66. The average Bonchev–Trinajstić information content (AvgIpc) is 3.14. The Hall–Kier alpha value is -3.46. The molecule has 0 saturated carbocycles. The van der Waals surface area contributed by atoms with Crippen molar-refractivity contribution >= 4 is 34.0 Å². The largest absolute Gasteiger partial charge is 0.494 e. The fourth-order valence-electron chi connectivity index (χ4n) is 3.09. The third-order valence-electron chi connectivity index (χ3n) is 4.53. The molecule has 0 bridgehead atoms. The highest BCUT2D eigenvalue weighted by Crippen LogP contribution is 2.31. The lowest BCUT2D eigenvalue weighted by molar-refractivity contribution is -0.121. The van der Waals surface area contributed by atoms with Gasteiger partial charge >= 0.3 is 0 Å². The summed E-state index contributed by atoms with van der Waals surface area (Å²) in [7, 11) is 1.40. The van der Waals surface area contributed by atoms with Gasteiger partial charge in [0.15, 0.2) is 16.7 Å². The summed E-state index contributed by atoms with van der Waals surface area (Å²) in [6.45, 7) is 0.105. The van der Waals surface area contributed by atoms with Gasteiger partial charge in [0.25, 0.3) is 0 Å². The molecule has 2 heterocycles. The Kier molecular flexibility index (Phi) is 5.62. The molecule has 0 aliphatic carbocycles. The summed E-state index contributed by atoms with van der Waals surface area (Å²) >= 11 is 1.22. The van der Waals surface area contributed by atoms with Gasteiger partial charge < -0.3 is 14.8 Å². The lowest BCUT2D eigenvalue weighted by Crippen LogP contribution is -2.37. The van der Waals surface area contributed by atoms with Crippen LogP contribution in [0.15, 0.2) is 47.8 Å². The second-order valence-electron chi connectivity index (χ2n) is 6.48. The average molecular weight is 427 g/mol. The minimum atomic E-state index is -0.492. The third-order valence-corrected chi connectivity index (χ3v) is 5.29. The van der Waals surface area contributed by atoms with Crippen LogP contribution >= 0.6 is 11.3 Å². The number of anilines is 2. The zero-order chi connectivity index (χ0) is 21.1. The molecule has 1 N–H and O–H groups in total. The van der Waals surface area contributed by atoms with E-state index in [-0.39, 0.29) is 37.1 Å². The standard InChI is InChI=1S/C21H18FN3O4S/c1-28-17-7-6-13(10-14(17)22)15-12-30-21(23-15)24-19(26)11-25-16-4-2-3-5-18(16)29-9-8-20(25)27/h2-7,10,12H,8-9,11H2,1H3,(H,23,24,26). The number of ether oxygens (including phenoxy) is 2. The minimum Gasteiger partial charge on any atom is -0.494 e. The molecule has 2 aromatic carbocycles. The number of hydrogen-bond donors (Lipinski definition) is 1. The number of aromatic nitrogens is 1. The van der Waals surface area contributed by atoms with Crippen LogP contribution in [0.1, 0.15) is 6.42 Å². The van der Waals surface area contributed by atoms with Crippen molar-refractivity contribution in [1.29, 1.82) is 0 Å². The number of nitrogens with one attached hydrogen (secondary N) is 1. The van der Waals surface area contributed by atoms with Gasteiger partial charge in [-0.25, -0.2) is 9.37 Å². The van der Waals surface area contributed by atoms with E-state index in [0.29, 0.717) is 27.8 Å². The van der Waals surface area contributed by atoms with Gasteiger partial charge in [-0.2, -0.15) is 0 Å². The number of halogens is 1. The normalized spacial score (nSPS) is 13.3. The molecule has 0 radical (unpaired) electrons. The SMILES string of the molecule is COc1ccc(-c2csc(NC(=O)CN3C(=O)CCOc4ccccc43)n2)cc1F. The van der Waals surface area contributed by atoms with E-state index in [9.17, 15) is 14.0 Å². The number of nitrogens with zero attached hydrogens (tertiary/aromatic N) is 2. The molecule has 1 aliphatic rings. The summed E-state index contributed by atoms with van der Waals surface area (Å²) in [5, 5.41) is 4.78. The number of carbonyl (C=O) groups is 2. The molecule has 0 fully saturated rings. The first-order valence-electron chi connectivity index (χ1n) is 9.16. The van der Waals surface area contributed by atoms with Crippen LogP contribution in [0.25, 0.3) is 11.3 Å². The predicted molar refractivity (Wildman–Crippen MR) is 112 cm³/mol. The Balaban J connectivity index is 1.47. The molecule has 2 amide bonds. The number of para-hydroxylation sites is 2. The Morgan fingerprint density at radius 3 is 2.97 bits per heavy atom. The predicted octanol–water partition coefficient (Wildman–Crippen LogP) is 3.71. The summed E-state index contributed by atoms with van der Waals surface area (Å²) in [4.78, 5) is 30.8. The van der Waals surface area contributed by atoms with Crippen LogP contribution in [0.5, 0.6) is 11.5 Å². The molecule has 0 atom stereocenters. The number of carbonyl (C=O) groups excluding carboxylic acids is 2. The fraction of sp³-hybridized carbons (Fsp3) is 0.190. The zero-order valence-corrected chi connectivity index (χ0v) is 16.9. The van der Waals surface area contributed by atoms with E-state index in [1.165, 1.54) is 35.5 Å². The lowest BCUT2D eigenvalue weighted by atomic mass is 10.1. The second kappa shape index (κ2) is 8.50. The van der Waals surface area contributed by atoms with Crippen molar-refractivity contribution in [1.82, 2.24) is 4.98 Å². The van der Waals surface area contributed by atoms with Crippen LogP contribution in [-0.4, -0.2) is 37.1 Å². The van der Waals surface area contributed by atoms with Crippen LogP contribution in [0.4, 0.5) is 15.2 Å². The van der Waals surface area contributed by atoms with Gasteiger partial charge in [0.2, 0.25) is 11.8 Å². The maximum atomic E-state index is 13.9. The molecule has 9 heteroatoms. The van der Waals surface area contributed by atoms with Crippen molar-refractivity contribution in [3.05, 3.63) is 53.7 Å². The number of methoxy groups -OCH3 is 1. The van der Waals surface area contributed by atoms with E-state index < -0.39 is 5.82 Å². The quantitative estimate of drug-likeness (QED) is 0.671. The van der Waals surface area contributed by atoms with Crippen molar-refractivity contribution in [2.45, 2.75) is 6.42 Å². The summed E-state index contributed by atoms with van der Waals surface area (Å²) in [6, 6.07) is 11.6. The van der Waals surface area contributed by atoms with Crippen LogP contribution in [-0.2, 0) is 9.59 Å².